The van der Waals surface area contributed by atoms with E-state index >= 15 is 0 Å². The molecule has 0 aliphatic carbocycles. The van der Waals surface area contributed by atoms with E-state index in [0.717, 1.165) is 15.6 Å². The zero-order chi connectivity index (χ0) is 19.1. The standard InChI is InChI=1S/C15H18F3N5O2S/c1-9-20-21-13(26-9)23-11(3-6-19-23)10-4-7-22(8-5-10)12(24)14(2,25)15(16,17)18/h3,6,10,25H,4-5,7-8H2,1-2H3. The topological polar surface area (TPSA) is 84.1 Å². The Labute approximate surface area is 151 Å². The van der Waals surface area contributed by atoms with E-state index in [1.54, 1.807) is 10.9 Å². The van der Waals surface area contributed by atoms with Crippen LogP contribution >= 0.6 is 11.3 Å². The Balaban J connectivity index is 1.70. The second kappa shape index (κ2) is 6.62. The maximum atomic E-state index is 12.9. The van der Waals surface area contributed by atoms with Crippen molar-refractivity contribution in [2.24, 2.45) is 0 Å². The number of halogens is 3. The lowest BCUT2D eigenvalue weighted by Gasteiger charge is -2.36. The van der Waals surface area contributed by atoms with Crippen LogP contribution in [0.2, 0.25) is 0 Å². The van der Waals surface area contributed by atoms with Crippen molar-refractivity contribution in [1.29, 1.82) is 0 Å². The summed E-state index contributed by atoms with van der Waals surface area (Å²) in [6.45, 7) is 2.60. The first-order valence-electron chi connectivity index (χ1n) is 8.04. The molecule has 2 aromatic rings. The second-order valence-corrected chi connectivity index (χ2v) is 7.57. The van der Waals surface area contributed by atoms with Crippen molar-refractivity contribution in [3.05, 3.63) is 23.0 Å². The average molecular weight is 389 g/mol. The van der Waals surface area contributed by atoms with Crippen molar-refractivity contribution < 1.29 is 23.1 Å². The van der Waals surface area contributed by atoms with Crippen molar-refractivity contribution in [3.63, 3.8) is 0 Å². The number of carbonyl (C=O) groups excluding carboxylic acids is 1. The Morgan fingerprint density at radius 2 is 1.96 bits per heavy atom. The third-order valence-electron chi connectivity index (χ3n) is 4.54. The average Bonchev–Trinajstić information content (AvgIpc) is 3.21. The molecule has 0 saturated carbocycles. The number of carbonyl (C=O) groups is 1. The van der Waals surface area contributed by atoms with Gasteiger partial charge in [-0.25, -0.2) is 4.68 Å². The summed E-state index contributed by atoms with van der Waals surface area (Å²) in [5.41, 5.74) is -2.48. The van der Waals surface area contributed by atoms with Crippen LogP contribution in [-0.4, -0.2) is 60.8 Å². The van der Waals surface area contributed by atoms with Crippen LogP contribution in [0.1, 0.15) is 36.4 Å². The fourth-order valence-electron chi connectivity index (χ4n) is 2.96. The highest BCUT2D eigenvalue weighted by molar-refractivity contribution is 7.13. The van der Waals surface area contributed by atoms with E-state index in [1.807, 2.05) is 13.0 Å². The van der Waals surface area contributed by atoms with Gasteiger partial charge in [-0.2, -0.15) is 18.3 Å². The van der Waals surface area contributed by atoms with Gasteiger partial charge in [0.25, 0.3) is 5.91 Å². The van der Waals surface area contributed by atoms with E-state index in [-0.39, 0.29) is 19.0 Å². The van der Waals surface area contributed by atoms with Crippen LogP contribution in [0.5, 0.6) is 0 Å². The van der Waals surface area contributed by atoms with E-state index in [9.17, 15) is 23.1 Å². The molecule has 2 aromatic heterocycles. The normalized spacial score (nSPS) is 18.8. The number of alkyl halides is 3. The lowest BCUT2D eigenvalue weighted by Crippen LogP contribution is -2.57. The highest BCUT2D eigenvalue weighted by Gasteiger charge is 2.57. The van der Waals surface area contributed by atoms with Crippen molar-refractivity contribution >= 4 is 17.2 Å². The maximum absolute atomic E-state index is 12.9. The fraction of sp³-hybridized carbons (Fsp3) is 0.600. The fourth-order valence-corrected chi connectivity index (χ4v) is 3.63. The molecular weight excluding hydrogens is 371 g/mol. The molecule has 1 fully saturated rings. The number of aromatic nitrogens is 4. The lowest BCUT2D eigenvalue weighted by molar-refractivity contribution is -0.250. The Morgan fingerprint density at radius 3 is 2.50 bits per heavy atom. The van der Waals surface area contributed by atoms with Gasteiger partial charge < -0.3 is 10.0 Å². The third kappa shape index (κ3) is 3.32. The zero-order valence-corrected chi connectivity index (χ0v) is 15.0. The molecule has 3 heterocycles. The number of likely N-dealkylation sites (tertiary alicyclic amines) is 1. The molecule has 1 atom stereocenters. The predicted octanol–water partition coefficient (Wildman–Crippen LogP) is 2.05. The molecule has 1 aliphatic rings. The molecule has 3 rings (SSSR count). The van der Waals surface area contributed by atoms with Gasteiger partial charge in [0.05, 0.1) is 5.69 Å². The molecule has 1 unspecified atom stereocenters. The number of hydrogen-bond donors (Lipinski definition) is 1. The van der Waals surface area contributed by atoms with Crippen molar-refractivity contribution in [3.8, 4) is 5.13 Å². The molecular formula is C15H18F3N5O2S. The van der Waals surface area contributed by atoms with Gasteiger partial charge in [-0.05, 0) is 32.8 Å². The highest BCUT2D eigenvalue weighted by Crippen LogP contribution is 2.35. The number of aryl methyl sites for hydroxylation is 1. The van der Waals surface area contributed by atoms with Crippen LogP contribution in [0.4, 0.5) is 13.2 Å². The minimum atomic E-state index is -5.00. The predicted molar refractivity (Wildman–Crippen MR) is 87.0 cm³/mol. The minimum absolute atomic E-state index is 0.0293. The van der Waals surface area contributed by atoms with Gasteiger partial charge in [0.2, 0.25) is 10.7 Å². The second-order valence-electron chi connectivity index (χ2n) is 6.41. The van der Waals surface area contributed by atoms with Crippen molar-refractivity contribution in [2.75, 3.05) is 13.1 Å². The molecule has 1 amide bonds. The van der Waals surface area contributed by atoms with Gasteiger partial charge in [-0.1, -0.05) is 11.3 Å². The van der Waals surface area contributed by atoms with Crippen molar-refractivity contribution in [1.82, 2.24) is 24.9 Å². The molecule has 0 radical (unpaired) electrons. The van der Waals surface area contributed by atoms with Gasteiger partial charge in [-0.3, -0.25) is 4.79 Å². The first-order valence-corrected chi connectivity index (χ1v) is 8.86. The maximum Gasteiger partial charge on any atom is 0.426 e. The Kier molecular flexibility index (Phi) is 4.78. The lowest BCUT2D eigenvalue weighted by atomic mass is 9.92. The summed E-state index contributed by atoms with van der Waals surface area (Å²) in [4.78, 5) is 13.1. The van der Waals surface area contributed by atoms with E-state index in [4.69, 9.17) is 0 Å². The first kappa shape index (κ1) is 18.8. The van der Waals surface area contributed by atoms with Gasteiger partial charge >= 0.3 is 6.18 Å². The van der Waals surface area contributed by atoms with Crippen LogP contribution in [0.3, 0.4) is 0 Å². The summed E-state index contributed by atoms with van der Waals surface area (Å²) in [5.74, 6) is -1.28. The molecule has 1 aliphatic heterocycles. The third-order valence-corrected chi connectivity index (χ3v) is 5.35. The van der Waals surface area contributed by atoms with E-state index in [2.05, 4.69) is 15.3 Å². The summed E-state index contributed by atoms with van der Waals surface area (Å²) in [5, 5.41) is 23.3. The summed E-state index contributed by atoms with van der Waals surface area (Å²) >= 11 is 1.39. The van der Waals surface area contributed by atoms with Crippen LogP contribution < -0.4 is 0 Å². The Morgan fingerprint density at radius 1 is 1.31 bits per heavy atom. The largest absolute Gasteiger partial charge is 0.426 e. The van der Waals surface area contributed by atoms with Gasteiger partial charge in [0, 0.05) is 25.2 Å². The summed E-state index contributed by atoms with van der Waals surface area (Å²) in [7, 11) is 0. The van der Waals surface area contributed by atoms with Crippen LogP contribution in [0.15, 0.2) is 12.3 Å². The van der Waals surface area contributed by atoms with Crippen LogP contribution in [0, 0.1) is 6.92 Å². The smallest absolute Gasteiger partial charge is 0.373 e. The quantitative estimate of drug-likeness (QED) is 0.869. The number of nitrogens with zero attached hydrogens (tertiary/aromatic N) is 5. The van der Waals surface area contributed by atoms with Crippen LogP contribution in [0.25, 0.3) is 5.13 Å². The molecule has 7 nitrogen and oxygen atoms in total. The summed E-state index contributed by atoms with van der Waals surface area (Å²) in [6.07, 6.45) is -2.42. The number of piperidine rings is 1. The van der Waals surface area contributed by atoms with Gasteiger partial charge in [0.1, 0.15) is 5.01 Å². The summed E-state index contributed by atoms with van der Waals surface area (Å²) < 4.78 is 40.3. The molecule has 142 valence electrons. The van der Waals surface area contributed by atoms with Crippen LogP contribution in [-0.2, 0) is 4.79 Å². The minimum Gasteiger partial charge on any atom is -0.373 e. The Bertz CT molecular complexity index is 793. The Hall–Kier alpha value is -2.01. The zero-order valence-electron chi connectivity index (χ0n) is 14.2. The molecule has 1 saturated heterocycles. The van der Waals surface area contributed by atoms with Crippen molar-refractivity contribution in [2.45, 2.75) is 44.4 Å². The monoisotopic (exact) mass is 389 g/mol. The molecule has 26 heavy (non-hydrogen) atoms. The highest BCUT2D eigenvalue weighted by atomic mass is 32.1. The van der Waals surface area contributed by atoms with Gasteiger partial charge in [-0.15, -0.1) is 10.2 Å². The number of amides is 1. The number of aliphatic hydroxyl groups is 1. The van der Waals surface area contributed by atoms with E-state index < -0.39 is 17.7 Å². The molecule has 11 heteroatoms. The molecule has 0 bridgehead atoms. The molecule has 1 N–H and O–H groups in total. The summed E-state index contributed by atoms with van der Waals surface area (Å²) in [6, 6.07) is 1.84. The SMILES string of the molecule is Cc1nnc(-n2nccc2C2CCN(C(=O)C(C)(O)C(F)(F)F)CC2)s1. The van der Waals surface area contributed by atoms with E-state index in [0.29, 0.717) is 24.9 Å². The van der Waals surface area contributed by atoms with Gasteiger partial charge in [0.15, 0.2) is 0 Å². The molecule has 0 spiro atoms. The first-order chi connectivity index (χ1) is 12.1. The number of rotatable bonds is 3. The number of hydrogen-bond acceptors (Lipinski definition) is 6. The molecule has 0 aromatic carbocycles. The van der Waals surface area contributed by atoms with E-state index in [1.165, 1.54) is 11.3 Å².